The van der Waals surface area contributed by atoms with Crippen molar-refractivity contribution in [3.8, 4) is 17.2 Å². The van der Waals surface area contributed by atoms with E-state index >= 15 is 0 Å². The van der Waals surface area contributed by atoms with Crippen LogP contribution < -0.4 is 9.64 Å². The lowest BCUT2D eigenvalue weighted by Crippen LogP contribution is -2.42. The fraction of sp³-hybridized carbons (Fsp3) is 0.375. The molecular formula is C24H28N4O3. The van der Waals surface area contributed by atoms with Crippen molar-refractivity contribution in [2.24, 2.45) is 0 Å². The average molecular weight is 421 g/mol. The number of aryl methyl sites for hydroxylation is 1. The Morgan fingerprint density at radius 2 is 1.77 bits per heavy atom. The topological polar surface area (TPSA) is 71.7 Å². The van der Waals surface area contributed by atoms with Gasteiger partial charge in [-0.05, 0) is 62.6 Å². The number of hydrogen-bond donors (Lipinski definition) is 0. The summed E-state index contributed by atoms with van der Waals surface area (Å²) in [5, 5.41) is 4.15. The predicted octanol–water partition coefficient (Wildman–Crippen LogP) is 4.07. The molecule has 162 valence electrons. The van der Waals surface area contributed by atoms with Gasteiger partial charge in [-0.15, -0.1) is 0 Å². The first-order valence-electron chi connectivity index (χ1n) is 10.7. The highest BCUT2D eigenvalue weighted by Gasteiger charge is 2.21. The number of benzene rings is 2. The molecule has 2 heterocycles. The van der Waals surface area contributed by atoms with Crippen molar-refractivity contribution in [3.05, 3.63) is 59.9 Å². The highest BCUT2D eigenvalue weighted by molar-refractivity contribution is 5.81. The summed E-state index contributed by atoms with van der Waals surface area (Å²) in [6.07, 6.45) is 3.35. The van der Waals surface area contributed by atoms with E-state index in [-0.39, 0.29) is 12.5 Å². The van der Waals surface area contributed by atoms with Crippen LogP contribution in [0.5, 0.6) is 5.75 Å². The number of hydrogen-bond acceptors (Lipinski definition) is 6. The maximum Gasteiger partial charge on any atom is 0.257 e. The van der Waals surface area contributed by atoms with Gasteiger partial charge in [-0.25, -0.2) is 0 Å². The fourth-order valence-electron chi connectivity index (χ4n) is 3.74. The lowest BCUT2D eigenvalue weighted by molar-refractivity contribution is -0.130. The molecular weight excluding hydrogens is 392 g/mol. The van der Waals surface area contributed by atoms with E-state index in [2.05, 4.69) is 10.1 Å². The number of carbonyl (C=O) groups is 1. The second-order valence-corrected chi connectivity index (χ2v) is 7.88. The minimum absolute atomic E-state index is 0.138. The largest absolute Gasteiger partial charge is 0.497 e. The Balaban J connectivity index is 1.52. The first kappa shape index (κ1) is 20.9. The van der Waals surface area contributed by atoms with E-state index in [0.717, 1.165) is 42.9 Å². The number of anilines is 1. The highest BCUT2D eigenvalue weighted by atomic mass is 16.5. The Bertz CT molecular complexity index is 992. The van der Waals surface area contributed by atoms with Crippen LogP contribution in [0, 0.1) is 6.92 Å². The number of carbonyl (C=O) groups excluding carboxylic acids is 1. The van der Waals surface area contributed by atoms with Gasteiger partial charge in [0.1, 0.15) is 5.75 Å². The van der Waals surface area contributed by atoms with Crippen molar-refractivity contribution in [2.45, 2.75) is 32.7 Å². The molecule has 7 heteroatoms. The number of likely N-dealkylation sites (tertiary alicyclic amines) is 1. The van der Waals surface area contributed by atoms with Gasteiger partial charge in [0.25, 0.3) is 5.89 Å². The first-order chi connectivity index (χ1) is 15.1. The van der Waals surface area contributed by atoms with Crippen molar-refractivity contribution in [2.75, 3.05) is 31.6 Å². The first-order valence-corrected chi connectivity index (χ1v) is 10.7. The maximum absolute atomic E-state index is 12.9. The molecule has 3 aromatic rings. The van der Waals surface area contributed by atoms with E-state index < -0.39 is 0 Å². The van der Waals surface area contributed by atoms with Crippen LogP contribution >= 0.6 is 0 Å². The minimum atomic E-state index is 0.138. The number of nitrogens with zero attached hydrogens (tertiary/aromatic N) is 4. The van der Waals surface area contributed by atoms with Gasteiger partial charge in [0, 0.05) is 24.3 Å². The van der Waals surface area contributed by atoms with Gasteiger partial charge >= 0.3 is 0 Å². The lowest BCUT2D eigenvalue weighted by atomic mass is 10.1. The molecule has 1 saturated heterocycles. The quantitative estimate of drug-likeness (QED) is 0.574. The number of amides is 1. The molecule has 1 aromatic heterocycles. The van der Waals surface area contributed by atoms with Crippen LogP contribution in [-0.4, -0.2) is 47.7 Å². The molecule has 1 aliphatic rings. The van der Waals surface area contributed by atoms with Crippen LogP contribution in [0.15, 0.2) is 53.1 Å². The highest BCUT2D eigenvalue weighted by Crippen LogP contribution is 2.23. The molecule has 0 radical (unpaired) electrons. The molecule has 1 amide bonds. The van der Waals surface area contributed by atoms with Crippen LogP contribution in [0.1, 0.15) is 30.7 Å². The van der Waals surface area contributed by atoms with Crippen molar-refractivity contribution in [3.63, 3.8) is 0 Å². The molecule has 1 fully saturated rings. The second-order valence-electron chi connectivity index (χ2n) is 7.88. The summed E-state index contributed by atoms with van der Waals surface area (Å²) in [7, 11) is 1.63. The van der Waals surface area contributed by atoms with Crippen molar-refractivity contribution in [1.82, 2.24) is 15.0 Å². The van der Waals surface area contributed by atoms with E-state index in [4.69, 9.17) is 9.26 Å². The molecule has 31 heavy (non-hydrogen) atoms. The molecule has 0 aliphatic carbocycles. The summed E-state index contributed by atoms with van der Waals surface area (Å²) in [5.41, 5.74) is 2.96. The van der Waals surface area contributed by atoms with Crippen LogP contribution in [0.3, 0.4) is 0 Å². The third-order valence-electron chi connectivity index (χ3n) is 5.57. The van der Waals surface area contributed by atoms with Gasteiger partial charge in [-0.3, -0.25) is 4.79 Å². The van der Waals surface area contributed by atoms with Gasteiger partial charge < -0.3 is 19.1 Å². The Hall–Kier alpha value is -3.35. The van der Waals surface area contributed by atoms with Gasteiger partial charge in [-0.1, -0.05) is 22.9 Å². The van der Waals surface area contributed by atoms with Crippen LogP contribution in [0.25, 0.3) is 11.5 Å². The van der Waals surface area contributed by atoms with E-state index in [1.807, 2.05) is 65.3 Å². The monoisotopic (exact) mass is 420 g/mol. The van der Waals surface area contributed by atoms with Gasteiger partial charge in [-0.2, -0.15) is 4.98 Å². The third-order valence-corrected chi connectivity index (χ3v) is 5.57. The maximum atomic E-state index is 12.9. The third kappa shape index (κ3) is 5.23. The summed E-state index contributed by atoms with van der Waals surface area (Å²) in [5.74, 6) is 1.89. The van der Waals surface area contributed by atoms with E-state index in [1.165, 1.54) is 12.0 Å². The van der Waals surface area contributed by atoms with E-state index in [9.17, 15) is 4.79 Å². The molecule has 0 atom stereocenters. The number of methoxy groups -OCH3 is 1. The Labute approximate surface area is 182 Å². The number of ether oxygens (including phenoxy) is 1. The van der Waals surface area contributed by atoms with Crippen LogP contribution in [-0.2, 0) is 11.3 Å². The van der Waals surface area contributed by atoms with Crippen molar-refractivity contribution in [1.29, 1.82) is 0 Å². The average Bonchev–Trinajstić information content (AvgIpc) is 3.28. The summed E-state index contributed by atoms with van der Waals surface area (Å²) < 4.78 is 10.7. The second kappa shape index (κ2) is 9.64. The zero-order valence-corrected chi connectivity index (χ0v) is 18.1. The molecule has 4 rings (SSSR count). The normalized spacial score (nSPS) is 13.8. The summed E-state index contributed by atoms with van der Waals surface area (Å²) in [4.78, 5) is 21.5. The summed E-state index contributed by atoms with van der Waals surface area (Å²) in [6.45, 7) is 4.40. The lowest BCUT2D eigenvalue weighted by Gasteiger charge is -2.30. The van der Waals surface area contributed by atoms with Crippen molar-refractivity contribution >= 4 is 11.6 Å². The minimum Gasteiger partial charge on any atom is -0.497 e. The Morgan fingerprint density at radius 3 is 2.45 bits per heavy atom. The molecule has 1 aliphatic heterocycles. The fourth-order valence-corrected chi connectivity index (χ4v) is 3.74. The van der Waals surface area contributed by atoms with Crippen molar-refractivity contribution < 1.29 is 14.1 Å². The SMILES string of the molecule is COc1ccc(-c2nc(CN(CC(=O)N3CCCCC3)c3ccc(C)cc3)no2)cc1. The standard InChI is InChI=1S/C24H28N4O3/c1-18-6-10-20(11-7-18)28(17-23(29)27-14-4-3-5-15-27)16-22-25-24(31-26-22)19-8-12-21(30-2)13-9-19/h6-13H,3-5,14-17H2,1-2H3. The van der Waals surface area contributed by atoms with Gasteiger partial charge in [0.05, 0.1) is 20.2 Å². The Kier molecular flexibility index (Phi) is 6.50. The molecule has 0 unspecified atom stereocenters. The molecule has 0 N–H and O–H groups in total. The molecule has 0 saturated carbocycles. The summed E-state index contributed by atoms with van der Waals surface area (Å²) in [6, 6.07) is 15.6. The van der Waals surface area contributed by atoms with Gasteiger partial charge in [0.2, 0.25) is 5.91 Å². The molecule has 7 nitrogen and oxygen atoms in total. The van der Waals surface area contributed by atoms with Crippen LogP contribution in [0.2, 0.25) is 0 Å². The van der Waals surface area contributed by atoms with Gasteiger partial charge in [0.15, 0.2) is 5.82 Å². The molecule has 0 spiro atoms. The van der Waals surface area contributed by atoms with Crippen LogP contribution in [0.4, 0.5) is 5.69 Å². The number of piperidine rings is 1. The van der Waals surface area contributed by atoms with E-state index in [0.29, 0.717) is 18.3 Å². The summed E-state index contributed by atoms with van der Waals surface area (Å²) >= 11 is 0. The van der Waals surface area contributed by atoms with E-state index in [1.54, 1.807) is 7.11 Å². The number of rotatable bonds is 7. The smallest absolute Gasteiger partial charge is 0.257 e. The molecule has 0 bridgehead atoms. The molecule has 2 aromatic carbocycles. The Morgan fingerprint density at radius 1 is 1.06 bits per heavy atom. The number of aromatic nitrogens is 2. The predicted molar refractivity (Wildman–Crippen MR) is 119 cm³/mol. The zero-order valence-electron chi connectivity index (χ0n) is 18.1. The zero-order chi connectivity index (χ0) is 21.6.